The zero-order valence-electron chi connectivity index (χ0n) is 15.3. The number of hydrogen-bond acceptors (Lipinski definition) is 4. The molecule has 4 rings (SSSR count). The second-order valence-corrected chi connectivity index (χ2v) is 6.30. The van der Waals surface area contributed by atoms with Crippen LogP contribution < -0.4 is 15.5 Å². The van der Waals surface area contributed by atoms with E-state index >= 15 is 0 Å². The van der Waals surface area contributed by atoms with Gasteiger partial charge in [0.15, 0.2) is 12.0 Å². The van der Waals surface area contributed by atoms with Crippen molar-refractivity contribution >= 4 is 22.4 Å². The summed E-state index contributed by atoms with van der Waals surface area (Å²) in [5.41, 5.74) is 1.86. The molecule has 5 nitrogen and oxygen atoms in total. The van der Waals surface area contributed by atoms with Gasteiger partial charge in [-0.25, -0.2) is 13.8 Å². The van der Waals surface area contributed by atoms with Crippen LogP contribution in [-0.2, 0) is 0 Å². The highest BCUT2D eigenvalue weighted by molar-refractivity contribution is 5.84. The number of para-hydroxylation sites is 2. The number of halogens is 2. The minimum absolute atomic E-state index is 0.0266. The van der Waals surface area contributed by atoms with Gasteiger partial charge in [0, 0.05) is 29.7 Å². The second kappa shape index (κ2) is 8.10. The second-order valence-electron chi connectivity index (χ2n) is 6.30. The molecule has 7 heteroatoms. The van der Waals surface area contributed by atoms with Crippen LogP contribution in [-0.4, -0.2) is 22.6 Å². The van der Waals surface area contributed by atoms with Gasteiger partial charge in [-0.2, -0.15) is 0 Å². The predicted molar refractivity (Wildman–Crippen MR) is 109 cm³/mol. The Bertz CT molecular complexity index is 1180. The van der Waals surface area contributed by atoms with Crippen LogP contribution in [0.3, 0.4) is 0 Å². The van der Waals surface area contributed by atoms with Crippen molar-refractivity contribution in [2.24, 2.45) is 0 Å². The summed E-state index contributed by atoms with van der Waals surface area (Å²) in [5.74, 6) is 0.560. The number of ether oxygens (including phenoxy) is 1. The Morgan fingerprint density at radius 2 is 1.69 bits per heavy atom. The molecule has 4 aromatic rings. The number of hydrogen-bond donors (Lipinski definition) is 1. The average molecular weight is 393 g/mol. The monoisotopic (exact) mass is 393 g/mol. The summed E-state index contributed by atoms with van der Waals surface area (Å²) in [4.78, 5) is 16.7. The number of aromatic nitrogens is 2. The molecule has 1 N–H and O–H groups in total. The fourth-order valence-corrected chi connectivity index (χ4v) is 3.04. The molecular weight excluding hydrogens is 376 g/mol. The number of benzene rings is 2. The molecule has 0 atom stereocenters. The van der Waals surface area contributed by atoms with E-state index in [4.69, 9.17) is 4.74 Å². The molecule has 0 unspecified atom stereocenters. The lowest BCUT2D eigenvalue weighted by Gasteiger charge is -2.18. The maximum atomic E-state index is 12.7. The molecule has 0 bridgehead atoms. The highest BCUT2D eigenvalue weighted by Crippen LogP contribution is 2.26. The molecule has 0 amide bonds. The van der Waals surface area contributed by atoms with E-state index in [0.29, 0.717) is 16.7 Å². The number of anilines is 2. The Hall–Kier alpha value is -3.74. The molecule has 0 saturated heterocycles. The number of fused-ring (bicyclic) bond motifs is 1. The quantitative estimate of drug-likeness (QED) is 0.513. The summed E-state index contributed by atoms with van der Waals surface area (Å²) in [7, 11) is 0. The fourth-order valence-electron chi connectivity index (χ4n) is 3.04. The van der Waals surface area contributed by atoms with E-state index < -0.39 is 13.0 Å². The van der Waals surface area contributed by atoms with Crippen LogP contribution in [0.25, 0.3) is 16.6 Å². The summed E-state index contributed by atoms with van der Waals surface area (Å²) in [6, 6.07) is 21.8. The van der Waals surface area contributed by atoms with Crippen molar-refractivity contribution in [3.8, 4) is 11.6 Å². The lowest BCUT2D eigenvalue weighted by Crippen LogP contribution is -2.14. The number of nitrogens with one attached hydrogen (secondary N) is 1. The molecule has 2 aromatic heterocycles. The van der Waals surface area contributed by atoms with Gasteiger partial charge in [-0.05, 0) is 24.3 Å². The highest BCUT2D eigenvalue weighted by Gasteiger charge is 2.14. The number of nitrogens with zero attached hydrogens (tertiary/aromatic N) is 2. The first-order chi connectivity index (χ1) is 14.1. The third kappa shape index (κ3) is 4.08. The maximum absolute atomic E-state index is 12.7. The van der Waals surface area contributed by atoms with Crippen molar-refractivity contribution in [3.05, 3.63) is 89.2 Å². The highest BCUT2D eigenvalue weighted by atomic mass is 19.3. The average Bonchev–Trinajstić information content (AvgIpc) is 2.73. The first kappa shape index (κ1) is 18.6. The summed E-state index contributed by atoms with van der Waals surface area (Å²) >= 11 is 0. The van der Waals surface area contributed by atoms with E-state index in [9.17, 15) is 13.6 Å². The fraction of sp³-hybridized carbons (Fsp3) is 0.0909. The van der Waals surface area contributed by atoms with Crippen molar-refractivity contribution in [1.29, 1.82) is 0 Å². The van der Waals surface area contributed by atoms with Gasteiger partial charge < -0.3 is 10.1 Å². The largest absolute Gasteiger partial charge is 0.472 e. The topological polar surface area (TPSA) is 56.2 Å². The summed E-state index contributed by atoms with van der Waals surface area (Å²) in [6.45, 7) is -0.768. The summed E-state index contributed by atoms with van der Waals surface area (Å²) in [6.07, 6.45) is -1.26. The van der Waals surface area contributed by atoms with Crippen LogP contribution in [0.1, 0.15) is 0 Å². The van der Waals surface area contributed by atoms with Gasteiger partial charge in [0.25, 0.3) is 6.43 Å². The number of alkyl halides is 2. The van der Waals surface area contributed by atoms with Crippen molar-refractivity contribution in [2.45, 2.75) is 6.43 Å². The van der Waals surface area contributed by atoms with E-state index in [1.54, 1.807) is 0 Å². The lowest BCUT2D eigenvalue weighted by atomic mass is 10.2. The van der Waals surface area contributed by atoms with Crippen molar-refractivity contribution < 1.29 is 13.5 Å². The minimum atomic E-state index is -2.62. The van der Waals surface area contributed by atoms with Crippen molar-refractivity contribution in [3.63, 3.8) is 0 Å². The summed E-state index contributed by atoms with van der Waals surface area (Å²) in [5, 5.41) is 3.61. The van der Waals surface area contributed by atoms with Gasteiger partial charge in [-0.15, -0.1) is 0 Å². The smallest absolute Gasteiger partial charge is 0.272 e. The summed E-state index contributed by atoms with van der Waals surface area (Å²) < 4.78 is 32.0. The minimum Gasteiger partial charge on any atom is -0.472 e. The molecule has 0 spiro atoms. The molecule has 146 valence electrons. The molecule has 0 aliphatic rings. The van der Waals surface area contributed by atoms with Crippen molar-refractivity contribution in [2.75, 3.05) is 11.9 Å². The van der Waals surface area contributed by atoms with Crippen molar-refractivity contribution in [1.82, 2.24) is 9.55 Å². The lowest BCUT2D eigenvalue weighted by molar-refractivity contribution is 0.0797. The van der Waals surface area contributed by atoms with Gasteiger partial charge in [0.2, 0.25) is 5.88 Å². The van der Waals surface area contributed by atoms with Gasteiger partial charge in [-0.3, -0.25) is 9.36 Å². The van der Waals surface area contributed by atoms with Crippen LogP contribution in [0.2, 0.25) is 0 Å². The van der Waals surface area contributed by atoms with E-state index in [1.165, 1.54) is 18.3 Å². The van der Waals surface area contributed by atoms with Gasteiger partial charge in [-0.1, -0.05) is 36.4 Å². The van der Waals surface area contributed by atoms with Crippen LogP contribution >= 0.6 is 0 Å². The Morgan fingerprint density at radius 3 is 2.38 bits per heavy atom. The van der Waals surface area contributed by atoms with E-state index in [0.717, 1.165) is 11.4 Å². The van der Waals surface area contributed by atoms with Crippen LogP contribution in [0.5, 0.6) is 5.88 Å². The molecule has 29 heavy (non-hydrogen) atoms. The number of rotatable bonds is 6. The van der Waals surface area contributed by atoms with Crippen LogP contribution in [0.4, 0.5) is 20.3 Å². The Kier molecular flexibility index (Phi) is 5.20. The zero-order valence-corrected chi connectivity index (χ0v) is 15.3. The van der Waals surface area contributed by atoms with E-state index in [2.05, 4.69) is 10.3 Å². The van der Waals surface area contributed by atoms with Gasteiger partial charge in [0.05, 0.1) is 10.9 Å². The molecular formula is C22H17F2N3O2. The molecule has 0 aliphatic heterocycles. The Balaban J connectivity index is 1.92. The molecule has 0 fully saturated rings. The standard InChI is InChI=1S/C22H17F2N3O2/c23-20(24)14-29-22-11-18-17(13-25-22)19(28)12-21(26-15-7-3-1-4-8-15)27(18)16-9-5-2-6-10-16/h1-13,20,26H,14H2. The molecule has 0 radical (unpaired) electrons. The van der Waals surface area contributed by atoms with Gasteiger partial charge >= 0.3 is 0 Å². The molecule has 2 aromatic carbocycles. The van der Waals surface area contributed by atoms with E-state index in [1.807, 2.05) is 65.2 Å². The Morgan fingerprint density at radius 1 is 1.00 bits per heavy atom. The van der Waals surface area contributed by atoms with Crippen LogP contribution in [0.15, 0.2) is 83.8 Å². The molecule has 0 saturated carbocycles. The zero-order chi connectivity index (χ0) is 20.2. The number of pyridine rings is 2. The first-order valence-electron chi connectivity index (χ1n) is 8.96. The Labute approximate surface area is 165 Å². The third-order valence-electron chi connectivity index (χ3n) is 4.29. The molecule has 2 heterocycles. The van der Waals surface area contributed by atoms with Gasteiger partial charge in [0.1, 0.15) is 5.82 Å². The molecule has 0 aliphatic carbocycles. The first-order valence-corrected chi connectivity index (χ1v) is 8.96. The maximum Gasteiger partial charge on any atom is 0.272 e. The third-order valence-corrected chi connectivity index (χ3v) is 4.29. The SMILES string of the molecule is O=c1cc(Nc2ccccc2)n(-c2ccccc2)c2cc(OCC(F)F)ncc12. The van der Waals surface area contributed by atoms with Crippen LogP contribution in [0, 0.1) is 0 Å². The normalized spacial score (nSPS) is 11.0. The van der Waals surface area contributed by atoms with E-state index in [-0.39, 0.29) is 11.3 Å². The predicted octanol–water partition coefficient (Wildman–Crippen LogP) is 4.77.